The van der Waals surface area contributed by atoms with Crippen LogP contribution in [0.4, 0.5) is 10.2 Å². The number of amides is 1. The first kappa shape index (κ1) is 22.4. The van der Waals surface area contributed by atoms with E-state index in [9.17, 15) is 14.0 Å². The van der Waals surface area contributed by atoms with Crippen LogP contribution in [0.3, 0.4) is 0 Å². The van der Waals surface area contributed by atoms with E-state index in [1.165, 1.54) is 12.1 Å². The van der Waals surface area contributed by atoms with Crippen LogP contribution in [0.2, 0.25) is 0 Å². The van der Waals surface area contributed by atoms with Gasteiger partial charge in [-0.1, -0.05) is 30.8 Å². The van der Waals surface area contributed by atoms with Gasteiger partial charge in [-0.15, -0.1) is 0 Å². The molecule has 1 fully saturated rings. The zero-order chi connectivity index (χ0) is 24.5. The summed E-state index contributed by atoms with van der Waals surface area (Å²) in [6.45, 7) is 4.70. The van der Waals surface area contributed by atoms with E-state index < -0.39 is 5.82 Å². The number of H-pyrrole nitrogens is 1. The molecule has 1 aliphatic rings. The molecule has 4 aromatic rings. The van der Waals surface area contributed by atoms with Gasteiger partial charge in [-0.05, 0) is 48.7 Å². The summed E-state index contributed by atoms with van der Waals surface area (Å²) in [5.74, 6) is 0.223. The highest BCUT2D eigenvalue weighted by molar-refractivity contribution is 6.02. The molecule has 1 aliphatic heterocycles. The molecule has 0 bridgehead atoms. The number of rotatable bonds is 5. The Kier molecular flexibility index (Phi) is 5.82. The minimum absolute atomic E-state index is 0.101. The number of aromatic nitrogens is 3. The number of nitrogens with zero attached hydrogens (tertiary/aromatic N) is 3. The maximum absolute atomic E-state index is 13.9. The third kappa shape index (κ3) is 4.16. The molecule has 2 aromatic heterocycles. The number of benzene rings is 2. The van der Waals surface area contributed by atoms with Gasteiger partial charge in [0.1, 0.15) is 11.3 Å². The smallest absolute Gasteiger partial charge is 0.288 e. The summed E-state index contributed by atoms with van der Waals surface area (Å²) in [6, 6.07) is 13.2. The van der Waals surface area contributed by atoms with Crippen molar-refractivity contribution in [2.75, 3.05) is 18.8 Å². The molecule has 3 N–H and O–H groups in total. The Morgan fingerprint density at radius 1 is 1.23 bits per heavy atom. The summed E-state index contributed by atoms with van der Waals surface area (Å²) in [5, 5.41) is 6.99. The third-order valence-electron chi connectivity index (χ3n) is 6.29. The van der Waals surface area contributed by atoms with Crippen LogP contribution in [0.25, 0.3) is 22.0 Å². The summed E-state index contributed by atoms with van der Waals surface area (Å²) in [5.41, 5.74) is 7.80. The molecule has 0 radical (unpaired) electrons. The Balaban J connectivity index is 1.54. The summed E-state index contributed by atoms with van der Waals surface area (Å²) in [6.07, 6.45) is 4.81. The van der Waals surface area contributed by atoms with E-state index in [2.05, 4.69) is 16.8 Å². The minimum Gasteiger partial charge on any atom is -0.454 e. The van der Waals surface area contributed by atoms with E-state index in [-0.39, 0.29) is 29.1 Å². The van der Waals surface area contributed by atoms with Gasteiger partial charge in [0.15, 0.2) is 17.4 Å². The maximum atomic E-state index is 13.9. The number of carbonyl (C=O) groups is 1. The predicted octanol–water partition coefficient (Wildman–Crippen LogP) is 4.25. The quantitative estimate of drug-likeness (QED) is 0.422. The molecule has 9 heteroatoms. The number of likely N-dealkylation sites (tertiary alicyclic amines) is 1. The molecule has 2 aromatic carbocycles. The lowest BCUT2D eigenvalue weighted by Crippen LogP contribution is -2.40. The number of nitrogen functional groups attached to an aromatic ring is 1. The van der Waals surface area contributed by atoms with Gasteiger partial charge in [-0.3, -0.25) is 9.59 Å². The van der Waals surface area contributed by atoms with Gasteiger partial charge < -0.3 is 19.9 Å². The number of anilines is 1. The number of aromatic amines is 1. The Labute approximate surface area is 200 Å². The monoisotopic (exact) mass is 473 g/mol. The summed E-state index contributed by atoms with van der Waals surface area (Å²) >= 11 is 0. The van der Waals surface area contributed by atoms with Crippen molar-refractivity contribution >= 4 is 22.6 Å². The number of hydrogen-bond acceptors (Lipinski definition) is 5. The largest absolute Gasteiger partial charge is 0.454 e. The molecule has 1 atom stereocenters. The Hall–Kier alpha value is -4.40. The molecule has 5 rings (SSSR count). The molecule has 178 valence electrons. The summed E-state index contributed by atoms with van der Waals surface area (Å²) < 4.78 is 21.5. The fraction of sp³-hybridized carbons (Fsp3) is 0.192. The molecular formula is C26H24FN5O3. The van der Waals surface area contributed by atoms with E-state index in [4.69, 9.17) is 10.5 Å². The number of fused-ring (bicyclic) bond motifs is 1. The lowest BCUT2D eigenvalue weighted by atomic mass is 10.1. The lowest BCUT2D eigenvalue weighted by Gasteiger charge is -2.33. The van der Waals surface area contributed by atoms with Crippen molar-refractivity contribution in [1.82, 2.24) is 19.7 Å². The van der Waals surface area contributed by atoms with Crippen molar-refractivity contribution in [3.05, 3.63) is 83.6 Å². The van der Waals surface area contributed by atoms with Crippen LogP contribution in [0.1, 0.15) is 18.9 Å². The number of piperidine rings is 1. The Morgan fingerprint density at radius 2 is 2.00 bits per heavy atom. The Morgan fingerprint density at radius 3 is 2.74 bits per heavy atom. The average Bonchev–Trinajstić information content (AvgIpc) is 3.30. The van der Waals surface area contributed by atoms with Gasteiger partial charge in [0.25, 0.3) is 5.56 Å². The van der Waals surface area contributed by atoms with Gasteiger partial charge in [0.2, 0.25) is 5.91 Å². The molecule has 8 nitrogen and oxygen atoms in total. The second-order valence-corrected chi connectivity index (χ2v) is 8.45. The van der Waals surface area contributed by atoms with Crippen molar-refractivity contribution < 1.29 is 13.9 Å². The number of para-hydroxylation sites is 1. The fourth-order valence-corrected chi connectivity index (χ4v) is 4.61. The lowest BCUT2D eigenvalue weighted by molar-refractivity contribution is -0.127. The highest BCUT2D eigenvalue weighted by atomic mass is 19.1. The number of carbonyl (C=O) groups excluding carboxylic acids is 1. The van der Waals surface area contributed by atoms with Crippen molar-refractivity contribution in [2.45, 2.75) is 18.9 Å². The molecule has 3 heterocycles. The molecule has 1 saturated heterocycles. The molecule has 0 aliphatic carbocycles. The first-order valence-electron chi connectivity index (χ1n) is 11.3. The molecule has 1 amide bonds. The number of halogens is 1. The van der Waals surface area contributed by atoms with Gasteiger partial charge in [-0.2, -0.15) is 5.10 Å². The van der Waals surface area contributed by atoms with Crippen LogP contribution in [0.5, 0.6) is 11.5 Å². The van der Waals surface area contributed by atoms with Crippen LogP contribution in [-0.4, -0.2) is 38.7 Å². The number of nitrogens with two attached hydrogens (primary N) is 1. The van der Waals surface area contributed by atoms with Crippen molar-refractivity contribution in [1.29, 1.82) is 0 Å². The molecule has 0 spiro atoms. The number of nitrogens with one attached hydrogen (secondary N) is 1. The van der Waals surface area contributed by atoms with Crippen LogP contribution in [-0.2, 0) is 4.79 Å². The first-order chi connectivity index (χ1) is 17.0. The van der Waals surface area contributed by atoms with E-state index in [1.54, 1.807) is 35.2 Å². The second-order valence-electron chi connectivity index (χ2n) is 8.45. The second kappa shape index (κ2) is 9.09. The summed E-state index contributed by atoms with van der Waals surface area (Å²) in [7, 11) is 0. The zero-order valence-electron chi connectivity index (χ0n) is 18.9. The Bertz CT molecular complexity index is 1470. The fourth-order valence-electron chi connectivity index (χ4n) is 4.61. The van der Waals surface area contributed by atoms with Gasteiger partial charge in [0.05, 0.1) is 11.4 Å². The topological polar surface area (TPSA) is 106 Å². The van der Waals surface area contributed by atoms with Gasteiger partial charge in [0, 0.05) is 24.8 Å². The molecule has 1 unspecified atom stereocenters. The average molecular weight is 474 g/mol. The van der Waals surface area contributed by atoms with Crippen molar-refractivity contribution in [2.24, 2.45) is 0 Å². The van der Waals surface area contributed by atoms with E-state index >= 15 is 0 Å². The van der Waals surface area contributed by atoms with Crippen LogP contribution in [0.15, 0.2) is 72.2 Å². The van der Waals surface area contributed by atoms with Gasteiger partial charge in [-0.25, -0.2) is 9.49 Å². The minimum atomic E-state index is -0.450. The van der Waals surface area contributed by atoms with Crippen LogP contribution >= 0.6 is 0 Å². The SMILES string of the molecule is C=CC(=O)N1CCCC(n2cc(-c3ccc(Oc4ccccc4F)cc3)c3c(N)n[nH]c(=O)c32)C1. The highest BCUT2D eigenvalue weighted by Gasteiger charge is 2.27. The van der Waals surface area contributed by atoms with Gasteiger partial charge >= 0.3 is 0 Å². The van der Waals surface area contributed by atoms with Crippen molar-refractivity contribution in [3.8, 4) is 22.6 Å². The maximum Gasteiger partial charge on any atom is 0.288 e. The molecular weight excluding hydrogens is 449 g/mol. The zero-order valence-corrected chi connectivity index (χ0v) is 18.9. The van der Waals surface area contributed by atoms with Crippen LogP contribution in [0, 0.1) is 5.82 Å². The standard InChI is InChI=1S/C26H24FN5O3/c1-2-22(33)31-13-5-6-17(14-31)32-15-19(23-24(32)26(34)30-29-25(23)28)16-9-11-18(12-10-16)35-21-8-4-3-7-20(21)27/h2-4,7-12,15,17H,1,5-6,13-14H2,(H2,28,29)(H,30,34). The highest BCUT2D eigenvalue weighted by Crippen LogP contribution is 2.36. The van der Waals surface area contributed by atoms with Crippen LogP contribution < -0.4 is 16.0 Å². The molecule has 35 heavy (non-hydrogen) atoms. The van der Waals surface area contributed by atoms with E-state index in [1.807, 2.05) is 22.9 Å². The summed E-state index contributed by atoms with van der Waals surface area (Å²) in [4.78, 5) is 26.8. The first-order valence-corrected chi connectivity index (χ1v) is 11.3. The normalized spacial score (nSPS) is 15.8. The third-order valence-corrected chi connectivity index (χ3v) is 6.29. The molecule has 0 saturated carbocycles. The number of ether oxygens (including phenoxy) is 1. The van der Waals surface area contributed by atoms with E-state index in [0.717, 1.165) is 24.0 Å². The van der Waals surface area contributed by atoms with Crippen molar-refractivity contribution in [3.63, 3.8) is 0 Å². The number of hydrogen-bond donors (Lipinski definition) is 2. The van der Waals surface area contributed by atoms with E-state index in [0.29, 0.717) is 29.7 Å². The predicted molar refractivity (Wildman–Crippen MR) is 132 cm³/mol.